The molecule has 2 aromatic rings. The van der Waals surface area contributed by atoms with Gasteiger partial charge in [0.2, 0.25) is 11.2 Å². The lowest BCUT2D eigenvalue weighted by molar-refractivity contribution is -0.500. The second-order valence-electron chi connectivity index (χ2n) is 7.25. The average Bonchev–Trinajstić information content (AvgIpc) is 3.03. The molecule has 0 bridgehead atoms. The lowest BCUT2D eigenvalue weighted by atomic mass is 9.91. The third-order valence-electron chi connectivity index (χ3n) is 6.21. The summed E-state index contributed by atoms with van der Waals surface area (Å²) in [6, 6.07) is 16.3. The molecule has 0 heterocycles. The van der Waals surface area contributed by atoms with E-state index in [1.54, 1.807) is 0 Å². The van der Waals surface area contributed by atoms with E-state index >= 15 is 0 Å². The Morgan fingerprint density at radius 2 is 1.67 bits per heavy atom. The van der Waals surface area contributed by atoms with Gasteiger partial charge >= 0.3 is 0 Å². The topological polar surface area (TPSA) is 23.2 Å². The molecule has 1 aliphatic rings. The van der Waals surface area contributed by atoms with Crippen LogP contribution in [0, 0.1) is 12.3 Å². The molecule has 1 aliphatic carbocycles. The molecule has 2 heteroatoms. The van der Waals surface area contributed by atoms with E-state index in [4.69, 9.17) is 0 Å². The van der Waals surface area contributed by atoms with E-state index in [1.165, 1.54) is 0 Å². The van der Waals surface area contributed by atoms with E-state index < -0.39 is 11.6 Å². The molecule has 0 amide bonds. The summed E-state index contributed by atoms with van der Waals surface area (Å²) < 4.78 is 1.99. The molecule has 1 saturated carbocycles. The molecule has 0 aliphatic heterocycles. The summed E-state index contributed by atoms with van der Waals surface area (Å²) in [6.45, 7) is 16.8. The normalized spacial score (nSPS) is 30.0. The zero-order valence-electron chi connectivity index (χ0n) is 15.0. The molecule has 3 atom stereocenters. The summed E-state index contributed by atoms with van der Waals surface area (Å²) in [5.41, 5.74) is 2.55. The van der Waals surface area contributed by atoms with Gasteiger partial charge in [-0.05, 0) is 36.8 Å². The molecular weight excluding hydrogens is 294 g/mol. The highest BCUT2D eigenvalue weighted by atomic mass is 16.3. The smallest absolute Gasteiger partial charge is 0.208 e. The Kier molecular flexibility index (Phi) is 3.76. The van der Waals surface area contributed by atoms with Gasteiger partial charge < -0.3 is 5.11 Å². The van der Waals surface area contributed by atoms with Gasteiger partial charge in [0.1, 0.15) is 12.8 Å². The summed E-state index contributed by atoms with van der Waals surface area (Å²) in [5, 5.41) is 13.0. The number of rotatable bonds is 3. The largest absolute Gasteiger partial charge is 0.385 e. The molecule has 0 spiro atoms. The van der Waals surface area contributed by atoms with E-state index in [-0.39, 0.29) is 5.41 Å². The van der Waals surface area contributed by atoms with Crippen molar-refractivity contribution in [1.82, 2.24) is 0 Å². The van der Waals surface area contributed by atoms with E-state index in [0.29, 0.717) is 0 Å². The van der Waals surface area contributed by atoms with Crippen molar-refractivity contribution in [2.75, 3.05) is 0 Å². The molecule has 2 nitrogen and oxygen atoms in total. The summed E-state index contributed by atoms with van der Waals surface area (Å²) in [6.07, 6.45) is -0.485. The highest BCUT2D eigenvalue weighted by Crippen LogP contribution is 2.63. The van der Waals surface area contributed by atoms with Crippen LogP contribution in [0.25, 0.3) is 12.2 Å². The van der Waals surface area contributed by atoms with Gasteiger partial charge in [0.25, 0.3) is 0 Å². The van der Waals surface area contributed by atoms with E-state index in [0.717, 1.165) is 27.3 Å². The van der Waals surface area contributed by atoms with Crippen LogP contribution >= 0.6 is 0 Å². The Hall–Kier alpha value is -2.19. The van der Waals surface area contributed by atoms with E-state index in [9.17, 15) is 5.11 Å². The Bertz CT molecular complexity index is 929. The fourth-order valence-electron chi connectivity index (χ4n) is 4.05. The second-order valence-corrected chi connectivity index (χ2v) is 7.25. The molecule has 124 valence electrons. The fraction of sp³-hybridized carbons (Fsp3) is 0.318. The third kappa shape index (κ3) is 2.03. The number of benzene rings is 2. The Morgan fingerprint density at radius 3 is 2.29 bits per heavy atom. The molecule has 0 aromatic heterocycles. The van der Waals surface area contributed by atoms with Gasteiger partial charge in [-0.3, -0.25) is 0 Å². The zero-order valence-corrected chi connectivity index (χ0v) is 15.0. The number of hydrogen-bond donors (Lipinski definition) is 1. The van der Waals surface area contributed by atoms with Crippen LogP contribution in [-0.2, 0) is 0 Å². The monoisotopic (exact) mass is 320 g/mol. The first-order valence-electron chi connectivity index (χ1n) is 8.36. The molecule has 1 fully saturated rings. The van der Waals surface area contributed by atoms with Gasteiger partial charge in [-0.15, -0.1) is 0 Å². The quantitative estimate of drug-likeness (QED) is 0.682. The van der Waals surface area contributed by atoms with Crippen LogP contribution in [0.1, 0.15) is 26.3 Å². The lowest BCUT2D eigenvalue weighted by Crippen LogP contribution is -2.32. The van der Waals surface area contributed by atoms with Crippen molar-refractivity contribution in [3.05, 3.63) is 64.5 Å². The highest BCUT2D eigenvalue weighted by molar-refractivity contribution is 5.62. The highest BCUT2D eigenvalue weighted by Gasteiger charge is 2.80. The van der Waals surface area contributed by atoms with Gasteiger partial charge in [-0.1, -0.05) is 49.0 Å². The predicted molar refractivity (Wildman–Crippen MR) is 101 cm³/mol. The maximum Gasteiger partial charge on any atom is 0.208 e. The number of para-hydroxylation sites is 1. The van der Waals surface area contributed by atoms with Crippen molar-refractivity contribution in [2.24, 2.45) is 5.41 Å². The maximum absolute atomic E-state index is 10.9. The lowest BCUT2D eigenvalue weighted by Gasteiger charge is -2.17. The predicted octanol–water partition coefficient (Wildman–Crippen LogP) is 2.76. The third-order valence-corrected chi connectivity index (χ3v) is 6.21. The molecule has 2 aromatic carbocycles. The molecule has 1 N–H and O–H groups in total. The Morgan fingerprint density at radius 1 is 1.08 bits per heavy atom. The molecule has 24 heavy (non-hydrogen) atoms. The first-order chi connectivity index (χ1) is 11.3. The first kappa shape index (κ1) is 16.7. The standard InChI is InChI=1S/C22H26NO/c1-15-11-7-9-13-18(15)17(3)21(4)20(24)22(21,5)23(6)19-14-10-8-12-16(19)2/h7-14,20,24H,1,6H2,2-5H3/q+1/b18-17+. The average molecular weight is 320 g/mol. The van der Waals surface area contributed by atoms with Crippen LogP contribution < -0.4 is 10.4 Å². The van der Waals surface area contributed by atoms with Gasteiger partial charge in [0.05, 0.1) is 5.41 Å². The summed E-state index contributed by atoms with van der Waals surface area (Å²) in [5.74, 6) is 0. The number of aliphatic hydroxyl groups excluding tert-OH is 1. The number of hydrogen-bond acceptors (Lipinski definition) is 1. The Labute approximate surface area is 144 Å². The van der Waals surface area contributed by atoms with Crippen molar-refractivity contribution < 1.29 is 9.68 Å². The van der Waals surface area contributed by atoms with E-state index in [2.05, 4.69) is 59.2 Å². The van der Waals surface area contributed by atoms with Gasteiger partial charge in [-0.2, -0.15) is 4.58 Å². The number of aryl methyl sites for hydroxylation is 1. The van der Waals surface area contributed by atoms with Crippen molar-refractivity contribution >= 4 is 24.6 Å². The molecule has 0 saturated heterocycles. The fourth-order valence-corrected chi connectivity index (χ4v) is 4.05. The SMILES string of the molecule is C=c1cccc/c1=C(/C)C1(C)C(O)C1(C)[N+](=C)c1ccccc1C. The van der Waals surface area contributed by atoms with Crippen LogP contribution in [-0.4, -0.2) is 28.0 Å². The minimum Gasteiger partial charge on any atom is -0.385 e. The molecular formula is C22H26NO+. The van der Waals surface area contributed by atoms with Crippen molar-refractivity contribution in [1.29, 1.82) is 0 Å². The zero-order chi connectivity index (χ0) is 17.7. The minimum absolute atomic E-state index is 0.370. The van der Waals surface area contributed by atoms with Crippen LogP contribution in [0.5, 0.6) is 0 Å². The van der Waals surface area contributed by atoms with Crippen molar-refractivity contribution in [3.8, 4) is 0 Å². The van der Waals surface area contributed by atoms with Crippen LogP contribution in [0.4, 0.5) is 5.69 Å². The van der Waals surface area contributed by atoms with Crippen LogP contribution in [0.2, 0.25) is 0 Å². The summed E-state index contributed by atoms with van der Waals surface area (Å²) in [7, 11) is 0. The molecule has 3 unspecified atom stereocenters. The maximum atomic E-state index is 10.9. The van der Waals surface area contributed by atoms with Gasteiger partial charge in [-0.25, -0.2) is 0 Å². The first-order valence-corrected chi connectivity index (χ1v) is 8.36. The van der Waals surface area contributed by atoms with Gasteiger partial charge in [0, 0.05) is 18.6 Å². The Balaban J connectivity index is 2.14. The summed E-state index contributed by atoms with van der Waals surface area (Å²) >= 11 is 0. The second kappa shape index (κ2) is 5.42. The van der Waals surface area contributed by atoms with E-state index in [1.807, 2.05) is 34.9 Å². The van der Waals surface area contributed by atoms with Crippen molar-refractivity contribution in [2.45, 2.75) is 39.3 Å². The van der Waals surface area contributed by atoms with Gasteiger partial charge in [0.15, 0.2) is 0 Å². The van der Waals surface area contributed by atoms with Crippen LogP contribution in [0.3, 0.4) is 0 Å². The number of nitrogens with zero attached hydrogens (tertiary/aromatic N) is 1. The minimum atomic E-state index is -0.485. The molecule has 3 rings (SSSR count). The molecule has 0 radical (unpaired) electrons. The summed E-state index contributed by atoms with van der Waals surface area (Å²) in [4.78, 5) is 0. The number of aliphatic hydroxyl groups is 1. The van der Waals surface area contributed by atoms with Crippen LogP contribution in [0.15, 0.2) is 48.5 Å². The van der Waals surface area contributed by atoms with Crippen molar-refractivity contribution in [3.63, 3.8) is 0 Å².